The van der Waals surface area contributed by atoms with Crippen LogP contribution in [-0.2, 0) is 0 Å². The second-order valence-corrected chi connectivity index (χ2v) is 35.1. The molecule has 0 unspecified atom stereocenters. The molecule has 0 radical (unpaired) electrons. The van der Waals surface area contributed by atoms with E-state index in [1.165, 1.54) is 43.1 Å². The van der Waals surface area contributed by atoms with Gasteiger partial charge in [-0.25, -0.2) is 0 Å². The maximum Gasteiger partial charge on any atom is 0.229 e. The minimum atomic E-state index is -0.247. The smallest absolute Gasteiger partial charge is 0.229 e. The first-order chi connectivity index (χ1) is 67.3. The number of hydrogen-bond acceptors (Lipinski definition) is 6. The number of fused-ring (bicyclic) bond motifs is 18. The molecule has 634 valence electrons. The van der Waals surface area contributed by atoms with Crippen LogP contribution in [0.25, 0.3) is 232 Å². The Balaban J connectivity index is 0.654. The van der Waals surface area contributed by atoms with Gasteiger partial charge in [0.1, 0.15) is 22.8 Å². The van der Waals surface area contributed by atoms with Crippen LogP contribution in [0.15, 0.2) is 462 Å². The highest BCUT2D eigenvalue weighted by Gasteiger charge is 2.27. The molecule has 0 fully saturated rings. The van der Waals surface area contributed by atoms with Crippen molar-refractivity contribution in [2.45, 2.75) is 0 Å². The van der Waals surface area contributed by atoms with Gasteiger partial charge in [-0.1, -0.05) is 231 Å². The lowest BCUT2D eigenvalue weighted by Gasteiger charge is -2.20. The highest BCUT2D eigenvalue weighted by Crippen LogP contribution is 2.48. The van der Waals surface area contributed by atoms with E-state index < -0.39 is 0 Å². The molecule has 0 bridgehead atoms. The lowest BCUT2D eigenvalue weighted by Crippen LogP contribution is -2.05. The van der Waals surface area contributed by atoms with Gasteiger partial charge in [0.15, 0.2) is 0 Å². The molecule has 0 aliphatic carbocycles. The summed E-state index contributed by atoms with van der Waals surface area (Å²) >= 11 is 0. The Labute approximate surface area is 779 Å². The van der Waals surface area contributed by atoms with Crippen LogP contribution in [0.3, 0.4) is 0 Å². The average molecular weight is 1740 g/mol. The number of rotatable bonds is 16. The highest BCUT2D eigenvalue weighted by atomic mass is 16.1. The summed E-state index contributed by atoms with van der Waals surface area (Å²) < 4.78 is 14.5. The molecule has 10 aromatic heterocycles. The third kappa shape index (κ3) is 12.4. The van der Waals surface area contributed by atoms with Gasteiger partial charge in [-0.15, -0.1) is 0 Å². The van der Waals surface area contributed by atoms with Crippen molar-refractivity contribution in [3.05, 3.63) is 484 Å². The molecule has 27 aromatic rings. The van der Waals surface area contributed by atoms with Crippen molar-refractivity contribution in [2.75, 3.05) is 0 Å². The molecule has 12 nitrogen and oxygen atoms in total. The molecular formula is C124H76N10O2. The quantitative estimate of drug-likeness (QED) is 0.0890. The molecule has 0 atom stereocenters. The topological polar surface area (TPSA) is 115 Å². The zero-order valence-electron chi connectivity index (χ0n) is 73.2. The van der Waals surface area contributed by atoms with Gasteiger partial charge in [-0.05, 0) is 262 Å². The van der Waals surface area contributed by atoms with Gasteiger partial charge >= 0.3 is 0 Å². The number of benzene rings is 17. The maximum absolute atomic E-state index is 13.9. The fourth-order valence-electron chi connectivity index (χ4n) is 21.4. The molecule has 0 aliphatic heterocycles. The summed E-state index contributed by atoms with van der Waals surface area (Å²) in [6.07, 6.45) is 6.84. The molecule has 0 aliphatic rings. The summed E-state index contributed by atoms with van der Waals surface area (Å²) in [6, 6.07) is 156. The number of carbonyl (C=O) groups is 2. The number of nitrogens with zero attached hydrogens (tertiary/aromatic N) is 10. The summed E-state index contributed by atoms with van der Waals surface area (Å²) in [5.74, 6) is -0.494. The number of carbonyl (C=O) groups excluding carboxylic acids is 2. The predicted molar refractivity (Wildman–Crippen MR) is 556 cm³/mol. The van der Waals surface area contributed by atoms with Crippen LogP contribution in [0.4, 0.5) is 0 Å². The van der Waals surface area contributed by atoms with E-state index in [-0.39, 0.29) is 11.6 Å². The van der Waals surface area contributed by atoms with E-state index in [4.69, 9.17) is 9.97 Å². The second kappa shape index (κ2) is 31.1. The second-order valence-electron chi connectivity index (χ2n) is 35.1. The maximum atomic E-state index is 13.9. The standard InChI is InChI=1S/C124H76N10O2/c135-123(107-35-17-19-65-125-107)109-59-49-83(75-127-109)79-23-21-25-81(67-79)101-74-100(78-47-53-86(54-48-78)130-121-63-57-89(133-115-41-13-5-31-95(115)96-32-6-14-42-116(96)133)71-105(121)106-72-90(58-64-122(106)130)134-117-43-15-7-33-97(117)98-34-8-16-44-118(98)134)102(82-26-22-24-80(68-82)84-50-60-110(128-76-84)124(136)108-36-18-20-66-126-108)73-99(101)77-45-51-85(52-46-77)129-119-61-55-87(131-111-37-9-1-27-91(111)92-28-2-10-38-112(92)131)69-103(119)104-70-88(56-62-120(104)129)132-113-39-11-3-29-93(113)94-30-4-12-40-114(94)132/h1-76H. The minimum absolute atomic E-state index is 0.247. The number of ketones is 2. The van der Waals surface area contributed by atoms with Crippen molar-refractivity contribution in [3.63, 3.8) is 0 Å². The highest BCUT2D eigenvalue weighted by molar-refractivity contribution is 6.18. The summed E-state index contributed by atoms with van der Waals surface area (Å²) in [6.45, 7) is 0. The molecule has 0 saturated carbocycles. The SMILES string of the molecule is O=C(c1ccccn1)c1ccc(-c2cccc(-c3cc(-c4ccc(-n5c6ccc(-n7c8ccccc8c8ccccc87)cc6c6cc(-n7c8ccccc8c8ccccc87)ccc65)cc4)c(-c4cccc(-c5ccc(C(=O)c6ccccn6)nc5)c4)cc3-c3ccc(-n4c5ccc(-n6c7ccccc7c7ccccc76)cc5c5cc(-n6c7ccccc7c7ccccc76)ccc54)cc3)c2)cn1. The largest absolute Gasteiger partial charge is 0.309 e. The summed E-state index contributed by atoms with van der Waals surface area (Å²) in [5, 5.41) is 14.1. The molecule has 10 heterocycles. The molecule has 12 heteroatoms. The fourth-order valence-corrected chi connectivity index (χ4v) is 21.4. The minimum Gasteiger partial charge on any atom is -0.309 e. The lowest BCUT2D eigenvalue weighted by atomic mass is 9.84. The van der Waals surface area contributed by atoms with Crippen molar-refractivity contribution in [2.24, 2.45) is 0 Å². The molecule has 0 N–H and O–H groups in total. The Hall–Kier alpha value is -18.5. The van der Waals surface area contributed by atoms with E-state index in [1.807, 2.05) is 24.3 Å². The Morgan fingerprint density at radius 1 is 0.154 bits per heavy atom. The van der Waals surface area contributed by atoms with E-state index in [2.05, 4.69) is 413 Å². The molecule has 27 rings (SSSR count). The zero-order valence-corrected chi connectivity index (χ0v) is 73.2. The Kier molecular flexibility index (Phi) is 17.7. The lowest BCUT2D eigenvalue weighted by molar-refractivity contribution is 0.102. The van der Waals surface area contributed by atoms with Crippen LogP contribution in [-0.4, -0.2) is 58.9 Å². The van der Waals surface area contributed by atoms with E-state index in [0.29, 0.717) is 22.8 Å². The van der Waals surface area contributed by atoms with Gasteiger partial charge in [-0.2, -0.15) is 0 Å². The molecule has 17 aromatic carbocycles. The number of para-hydroxylation sites is 8. The molecular weight excluding hydrogens is 1660 g/mol. The van der Waals surface area contributed by atoms with Crippen LogP contribution < -0.4 is 0 Å². The number of pyridine rings is 4. The van der Waals surface area contributed by atoms with Gasteiger partial charge < -0.3 is 27.4 Å². The first kappa shape index (κ1) is 77.4. The molecule has 0 saturated heterocycles. The number of hydrogen-bond donors (Lipinski definition) is 0. The summed E-state index contributed by atoms with van der Waals surface area (Å²) in [5.41, 5.74) is 32.5. The number of aromatic nitrogens is 10. The van der Waals surface area contributed by atoms with Crippen LogP contribution in [0, 0.1) is 0 Å². The van der Waals surface area contributed by atoms with Crippen LogP contribution >= 0.6 is 0 Å². The van der Waals surface area contributed by atoms with E-state index >= 15 is 0 Å². The van der Waals surface area contributed by atoms with Crippen molar-refractivity contribution >= 4 is 142 Å². The monoisotopic (exact) mass is 1740 g/mol. The third-order valence-electron chi connectivity index (χ3n) is 27.6. The normalized spacial score (nSPS) is 11.9. The van der Waals surface area contributed by atoms with Gasteiger partial charge in [0.05, 0.1) is 66.2 Å². The Morgan fingerprint density at radius 3 is 0.647 bits per heavy atom. The van der Waals surface area contributed by atoms with Crippen LogP contribution in [0.1, 0.15) is 32.4 Å². The molecule has 0 amide bonds. The van der Waals surface area contributed by atoms with Gasteiger partial charge in [0.2, 0.25) is 11.6 Å². The van der Waals surface area contributed by atoms with Crippen LogP contribution in [0.5, 0.6) is 0 Å². The summed E-state index contributed by atoms with van der Waals surface area (Å²) in [4.78, 5) is 46.1. The van der Waals surface area contributed by atoms with Crippen LogP contribution in [0.2, 0.25) is 0 Å². The third-order valence-corrected chi connectivity index (χ3v) is 27.6. The van der Waals surface area contributed by atoms with Crippen molar-refractivity contribution in [1.29, 1.82) is 0 Å². The Bertz CT molecular complexity index is 8520. The summed E-state index contributed by atoms with van der Waals surface area (Å²) in [7, 11) is 0. The van der Waals surface area contributed by atoms with Gasteiger partial charge in [0, 0.05) is 135 Å². The average Bonchev–Trinajstić information content (AvgIpc) is 1.56. The van der Waals surface area contributed by atoms with E-state index in [1.54, 1.807) is 61.2 Å². The van der Waals surface area contributed by atoms with E-state index in [9.17, 15) is 9.59 Å². The molecule has 0 spiro atoms. The predicted octanol–water partition coefficient (Wildman–Crippen LogP) is 30.3. The Morgan fingerprint density at radius 2 is 0.382 bits per heavy atom. The van der Waals surface area contributed by atoms with E-state index in [0.717, 1.165) is 189 Å². The van der Waals surface area contributed by atoms with Crippen molar-refractivity contribution in [1.82, 2.24) is 47.3 Å². The van der Waals surface area contributed by atoms with Crippen molar-refractivity contribution < 1.29 is 9.59 Å². The first-order valence-corrected chi connectivity index (χ1v) is 45.8. The van der Waals surface area contributed by atoms with Crippen molar-refractivity contribution in [3.8, 4) is 101 Å². The zero-order chi connectivity index (χ0) is 89.7. The fraction of sp³-hybridized carbons (Fsp3) is 0. The first-order valence-electron chi connectivity index (χ1n) is 45.8. The van der Waals surface area contributed by atoms with Gasteiger partial charge in [0.25, 0.3) is 0 Å². The van der Waals surface area contributed by atoms with Gasteiger partial charge in [-0.3, -0.25) is 29.5 Å². The molecule has 136 heavy (non-hydrogen) atoms.